The minimum Gasteiger partial charge on any atom is -0.496 e. The van der Waals surface area contributed by atoms with Crippen molar-refractivity contribution in [3.8, 4) is 5.75 Å². The number of ether oxygens (including phenoxy) is 1. The number of nitrogens with two attached hydrogens (primary N) is 1. The maximum Gasteiger partial charge on any atom is 0.253 e. The zero-order valence-corrected chi connectivity index (χ0v) is 57.0. The number of fused-ring (bicyclic) bond motifs is 5. The Morgan fingerprint density at radius 1 is 0.845 bits per heavy atom. The number of imide groups is 1. The van der Waals surface area contributed by atoms with Gasteiger partial charge in [0.25, 0.3) is 11.8 Å². The van der Waals surface area contributed by atoms with Crippen LogP contribution in [0.1, 0.15) is 128 Å². The zero-order valence-electron chi connectivity index (χ0n) is 55.4. The Morgan fingerprint density at radius 2 is 1.55 bits per heavy atom. The molecule has 0 spiro atoms. The third kappa shape index (κ3) is 19.4. The molecule has 0 radical (unpaired) electrons. The summed E-state index contributed by atoms with van der Waals surface area (Å²) in [6.07, 6.45) is 3.77. The number of nitrogens with one attached hydrogen (secondary N) is 7. The van der Waals surface area contributed by atoms with Crippen molar-refractivity contribution in [1.82, 2.24) is 51.6 Å². The second-order valence-corrected chi connectivity index (χ2v) is 29.3. The first-order valence-electron chi connectivity index (χ1n) is 33.6. The van der Waals surface area contributed by atoms with Crippen LogP contribution in [0.3, 0.4) is 0 Å². The molecule has 31 heteroatoms. The molecule has 1 aromatic carbocycles. The summed E-state index contributed by atoms with van der Waals surface area (Å²) in [4.78, 5) is 186. The SMILES string of the molecule is CC[C@H](C)[C@@H]1CC(=O)CNC(=O)[C@H]2CC(=O)[C@H]([C@@H](C)[C@@H](O)CO)NC(=O)[C@@H]3C[C@@H](O)CN3C(=O)[C@H](CC(N)=O)NC(=O)[C@H](CS(=O)c3[nH]c4c(CSC5CCN(C(=O)CCCCCNC(=O)C6CCC(CN7C(=O)C=CC7=O)CC6)CC5)c(OC)ccc4c3C2)NC(=O)CNC1=O. The molecule has 532 valence electrons. The number of benzene rings is 1. The van der Waals surface area contributed by atoms with E-state index in [1.165, 1.54) is 31.1 Å². The number of piperidine rings is 1. The molecule has 12 N–H and O–H groups in total. The van der Waals surface area contributed by atoms with E-state index >= 15 is 9.00 Å². The summed E-state index contributed by atoms with van der Waals surface area (Å²) in [7, 11) is -0.957. The number of H-pyrrole nitrogens is 1. The van der Waals surface area contributed by atoms with Crippen molar-refractivity contribution < 1.29 is 86.6 Å². The number of Topliss-reactive ketones (excluding diaryl/α,β-unsaturated/α-hetero) is 2. The summed E-state index contributed by atoms with van der Waals surface area (Å²) in [5, 5.41) is 48.3. The second kappa shape index (κ2) is 34.7. The van der Waals surface area contributed by atoms with Gasteiger partial charge in [0.15, 0.2) is 11.6 Å². The number of primary amides is 1. The number of thioether (sulfide) groups is 1. The Labute approximate surface area is 569 Å². The van der Waals surface area contributed by atoms with E-state index in [9.17, 15) is 72.9 Å². The number of unbranched alkanes of at least 4 members (excludes halogenated alkanes) is 2. The van der Waals surface area contributed by atoms with Gasteiger partial charge in [-0.05, 0) is 87.3 Å². The Morgan fingerprint density at radius 3 is 2.22 bits per heavy atom. The highest BCUT2D eigenvalue weighted by molar-refractivity contribution is 7.99. The van der Waals surface area contributed by atoms with Crippen LogP contribution in [-0.4, -0.2) is 223 Å². The number of ketones is 2. The normalized spacial score (nSPS) is 27.3. The number of rotatable bonds is 20. The van der Waals surface area contributed by atoms with Gasteiger partial charge in [0.05, 0.1) is 73.5 Å². The minimum absolute atomic E-state index is 0.00581. The number of carbonyl (C=O) groups is 13. The van der Waals surface area contributed by atoms with Crippen LogP contribution in [0.25, 0.3) is 10.9 Å². The molecule has 6 aliphatic rings. The third-order valence-electron chi connectivity index (χ3n) is 19.8. The highest BCUT2D eigenvalue weighted by Gasteiger charge is 2.46. The van der Waals surface area contributed by atoms with Gasteiger partial charge in [-0.25, -0.2) is 0 Å². The van der Waals surface area contributed by atoms with Gasteiger partial charge < -0.3 is 72.5 Å². The van der Waals surface area contributed by atoms with Crippen LogP contribution in [0.2, 0.25) is 0 Å². The molecule has 5 aliphatic heterocycles. The molecular formula is C66H93N11O18S2. The summed E-state index contributed by atoms with van der Waals surface area (Å²) >= 11 is 1.59. The summed E-state index contributed by atoms with van der Waals surface area (Å²) in [5.74, 6) is -13.1. The van der Waals surface area contributed by atoms with Crippen LogP contribution in [0.15, 0.2) is 29.3 Å². The lowest BCUT2D eigenvalue weighted by molar-refractivity contribution is -0.144. The van der Waals surface area contributed by atoms with E-state index in [0.29, 0.717) is 99.8 Å². The molecule has 6 heterocycles. The number of aromatic amines is 1. The largest absolute Gasteiger partial charge is 0.496 e. The van der Waals surface area contributed by atoms with Gasteiger partial charge >= 0.3 is 0 Å². The second-order valence-electron chi connectivity index (χ2n) is 26.5. The number of carbonyl (C=O) groups excluding carboxylic acids is 13. The van der Waals surface area contributed by atoms with Gasteiger partial charge in [-0.15, -0.1) is 0 Å². The summed E-state index contributed by atoms with van der Waals surface area (Å²) in [6, 6.07) is -3.64. The Hall–Kier alpha value is -7.61. The molecule has 97 heavy (non-hydrogen) atoms. The van der Waals surface area contributed by atoms with Crippen LogP contribution in [0.5, 0.6) is 5.75 Å². The van der Waals surface area contributed by atoms with Crippen LogP contribution >= 0.6 is 11.8 Å². The number of likely N-dealkylation sites (tertiary alicyclic amines) is 1. The van der Waals surface area contributed by atoms with Crippen molar-refractivity contribution >= 4 is 110 Å². The molecule has 3 fully saturated rings. The molecule has 2 saturated heterocycles. The number of amides is 11. The quantitative estimate of drug-likeness (QED) is 0.0571. The first kappa shape index (κ1) is 75.2. The first-order valence-corrected chi connectivity index (χ1v) is 36.0. The predicted molar refractivity (Wildman–Crippen MR) is 353 cm³/mol. The average Bonchev–Trinajstić information content (AvgIpc) is 1.63. The fraction of sp³-hybridized carbons (Fsp3) is 0.652. The first-order chi connectivity index (χ1) is 46.3. The van der Waals surface area contributed by atoms with Gasteiger partial charge in [-0.1, -0.05) is 33.6 Å². The lowest BCUT2D eigenvalue weighted by atomic mass is 9.81. The van der Waals surface area contributed by atoms with E-state index in [1.807, 2.05) is 4.90 Å². The number of aliphatic hydroxyl groups is 3. The van der Waals surface area contributed by atoms with E-state index in [4.69, 9.17) is 10.5 Å². The molecule has 11 amide bonds. The highest BCUT2D eigenvalue weighted by Crippen LogP contribution is 2.39. The third-order valence-corrected chi connectivity index (χ3v) is 22.7. The molecule has 8 rings (SSSR count). The lowest BCUT2D eigenvalue weighted by Gasteiger charge is -2.32. The highest BCUT2D eigenvalue weighted by atomic mass is 32.2. The smallest absolute Gasteiger partial charge is 0.253 e. The number of methoxy groups -OCH3 is 1. The molecule has 1 aliphatic carbocycles. The topological polar surface area (TPSA) is 433 Å². The number of aromatic nitrogens is 1. The van der Waals surface area contributed by atoms with E-state index in [0.717, 1.165) is 24.2 Å². The Kier molecular flexibility index (Phi) is 26.9. The number of hydrogen-bond acceptors (Lipinski definition) is 19. The maximum absolute atomic E-state index is 15.5. The van der Waals surface area contributed by atoms with Gasteiger partial charge in [0.1, 0.15) is 28.9 Å². The fourth-order valence-electron chi connectivity index (χ4n) is 13.7. The Balaban J connectivity index is 1.04. The van der Waals surface area contributed by atoms with E-state index in [1.54, 1.807) is 37.7 Å². The number of nitrogens with zero attached hydrogens (tertiary/aromatic N) is 3. The molecule has 29 nitrogen and oxygen atoms in total. The van der Waals surface area contributed by atoms with Crippen LogP contribution < -0.4 is 42.4 Å². The maximum atomic E-state index is 15.5. The molecular weight excluding hydrogens is 1300 g/mol. The van der Waals surface area contributed by atoms with Crippen molar-refractivity contribution in [2.45, 2.75) is 176 Å². The van der Waals surface area contributed by atoms with E-state index < -0.39 is 181 Å². The molecule has 1 saturated carbocycles. The lowest BCUT2D eigenvalue weighted by Crippen LogP contribution is -2.60. The molecule has 2 bridgehead atoms. The van der Waals surface area contributed by atoms with Gasteiger partial charge in [0.2, 0.25) is 53.2 Å². The zero-order chi connectivity index (χ0) is 70.4. The molecule has 2 aromatic rings. The van der Waals surface area contributed by atoms with Crippen LogP contribution in [-0.2, 0) is 85.3 Å². The van der Waals surface area contributed by atoms with Crippen LogP contribution in [0.4, 0.5) is 0 Å². The van der Waals surface area contributed by atoms with Crippen molar-refractivity contribution in [3.63, 3.8) is 0 Å². The molecule has 1 unspecified atom stereocenters. The van der Waals surface area contributed by atoms with Gasteiger partial charge in [-0.3, -0.25) is 71.4 Å². The van der Waals surface area contributed by atoms with E-state index in [2.05, 4.69) is 36.9 Å². The summed E-state index contributed by atoms with van der Waals surface area (Å²) < 4.78 is 21.4. The number of hydrogen-bond donors (Lipinski definition) is 11. The van der Waals surface area contributed by atoms with E-state index in [-0.39, 0.29) is 63.5 Å². The monoisotopic (exact) mass is 1390 g/mol. The van der Waals surface area contributed by atoms with Crippen molar-refractivity contribution in [3.05, 3.63) is 35.4 Å². The Bertz CT molecular complexity index is 3350. The summed E-state index contributed by atoms with van der Waals surface area (Å²) in [6.45, 7) is 3.96. The fourth-order valence-corrected chi connectivity index (χ4v) is 16.4. The minimum atomic E-state index is -2.42. The standard InChI is InChI=1S/C66H93N11O18S2/c1-5-35(2)44-25-40(79)28-69-61(89)39-23-45-43-14-15-52(95-4)46(33-96-42-18-21-75(22-19-42)55(85)9-7-6-8-20-68-60(88)38-12-10-37(11-13-38)30-77-56(86)16-17-57(77)87)59(43)74-65(45)97(94)34-48(71-54(84)29-70-62(44)90)63(91)72-47(27-53(67)83)66(93)76-31-41(80)26-49(76)64(92)73-58(50(81)24-39)36(3)51(82)32-78/h14-17,35-39,41-42,44,47-49,51,58,74,78,80,82H,5-13,18-34H2,1-4H3,(H2,67,83)(H,68,88)(H,69,89)(H,70,90)(H,71,84)(H,72,91)(H,73,92)/t35-,36-,37?,38?,39+,41+,44-,47-,48-,49-,51-,58-,97?/m0/s1. The van der Waals surface area contributed by atoms with Crippen molar-refractivity contribution in [2.75, 3.05) is 65.3 Å². The van der Waals surface area contributed by atoms with Crippen molar-refractivity contribution in [2.24, 2.45) is 41.2 Å². The van der Waals surface area contributed by atoms with Gasteiger partial charge in [0, 0.05) is 116 Å². The molecule has 11 atom stereocenters. The average molecular weight is 1390 g/mol. The summed E-state index contributed by atoms with van der Waals surface area (Å²) in [5.41, 5.74) is 6.79. The molecule has 1 aromatic heterocycles. The predicted octanol–water partition coefficient (Wildman–Crippen LogP) is -0.804. The number of aliphatic hydroxyl groups excluding tert-OH is 3. The van der Waals surface area contributed by atoms with Crippen LogP contribution in [0, 0.1) is 35.5 Å². The van der Waals surface area contributed by atoms with Gasteiger partial charge in [-0.2, -0.15) is 11.8 Å². The van der Waals surface area contributed by atoms with Crippen molar-refractivity contribution in [1.29, 1.82) is 0 Å².